The minimum atomic E-state index is -0.449. The van der Waals surface area contributed by atoms with Gasteiger partial charge in [0.15, 0.2) is 11.7 Å². The zero-order chi connectivity index (χ0) is 19.1. The van der Waals surface area contributed by atoms with Gasteiger partial charge in [0, 0.05) is 4.47 Å². The SMILES string of the molecule is Cc1ccc(OCC(=O)NNC(=S)NC(=O)c2ccccc2Br)c(Br)c1. The van der Waals surface area contributed by atoms with Crippen LogP contribution in [0.1, 0.15) is 15.9 Å². The number of amides is 2. The summed E-state index contributed by atoms with van der Waals surface area (Å²) in [7, 11) is 0. The van der Waals surface area contributed by atoms with E-state index in [0.29, 0.717) is 15.8 Å². The highest BCUT2D eigenvalue weighted by Crippen LogP contribution is 2.25. The summed E-state index contributed by atoms with van der Waals surface area (Å²) in [6.45, 7) is 1.74. The topological polar surface area (TPSA) is 79.5 Å². The molecule has 26 heavy (non-hydrogen) atoms. The lowest BCUT2D eigenvalue weighted by Crippen LogP contribution is -2.49. The molecule has 0 aliphatic rings. The van der Waals surface area contributed by atoms with Gasteiger partial charge in [0.05, 0.1) is 10.0 Å². The van der Waals surface area contributed by atoms with Crippen LogP contribution in [-0.4, -0.2) is 23.5 Å². The first kappa shape index (κ1) is 20.3. The summed E-state index contributed by atoms with van der Waals surface area (Å²) < 4.78 is 6.82. The van der Waals surface area contributed by atoms with Gasteiger partial charge in [0.25, 0.3) is 11.8 Å². The number of benzene rings is 2. The number of thiocarbonyl (C=S) groups is 1. The van der Waals surface area contributed by atoms with Crippen LogP contribution >= 0.6 is 44.1 Å². The number of rotatable bonds is 4. The number of aryl methyl sites for hydroxylation is 1. The molecule has 6 nitrogen and oxygen atoms in total. The second-order valence-corrected chi connectivity index (χ2v) is 7.28. The first-order valence-electron chi connectivity index (χ1n) is 7.40. The van der Waals surface area contributed by atoms with Crippen LogP contribution in [0.4, 0.5) is 0 Å². The van der Waals surface area contributed by atoms with Crippen molar-refractivity contribution in [1.29, 1.82) is 0 Å². The van der Waals surface area contributed by atoms with Gasteiger partial charge in [-0.3, -0.25) is 25.8 Å². The van der Waals surface area contributed by atoms with Crippen molar-refractivity contribution in [3.63, 3.8) is 0 Å². The fourth-order valence-electron chi connectivity index (χ4n) is 1.88. The van der Waals surface area contributed by atoms with Crippen LogP contribution in [0, 0.1) is 6.92 Å². The van der Waals surface area contributed by atoms with E-state index in [1.54, 1.807) is 30.3 Å². The van der Waals surface area contributed by atoms with Gasteiger partial charge in [-0.25, -0.2) is 0 Å². The maximum atomic E-state index is 12.1. The number of hydrazine groups is 1. The minimum absolute atomic E-state index is 0.0318. The summed E-state index contributed by atoms with van der Waals surface area (Å²) in [6.07, 6.45) is 0. The Bertz CT molecular complexity index is 846. The maximum Gasteiger partial charge on any atom is 0.276 e. The molecule has 136 valence electrons. The lowest BCUT2D eigenvalue weighted by molar-refractivity contribution is -0.123. The van der Waals surface area contributed by atoms with Crippen molar-refractivity contribution in [3.8, 4) is 5.75 Å². The number of nitrogens with one attached hydrogen (secondary N) is 3. The highest BCUT2D eigenvalue weighted by Gasteiger charge is 2.11. The molecule has 2 rings (SSSR count). The van der Waals surface area contributed by atoms with E-state index in [4.69, 9.17) is 17.0 Å². The predicted octanol–water partition coefficient (Wildman–Crippen LogP) is 3.23. The second-order valence-electron chi connectivity index (χ2n) is 5.16. The van der Waals surface area contributed by atoms with Gasteiger partial charge in [-0.2, -0.15) is 0 Å². The van der Waals surface area contributed by atoms with Gasteiger partial charge >= 0.3 is 0 Å². The molecule has 2 aromatic carbocycles. The minimum Gasteiger partial charge on any atom is -0.483 e. The molecule has 9 heteroatoms. The van der Waals surface area contributed by atoms with E-state index in [-0.39, 0.29) is 11.7 Å². The van der Waals surface area contributed by atoms with Crippen molar-refractivity contribution in [2.75, 3.05) is 6.61 Å². The monoisotopic (exact) mass is 499 g/mol. The molecule has 0 unspecified atom stereocenters. The number of hydrogen-bond donors (Lipinski definition) is 3. The van der Waals surface area contributed by atoms with E-state index >= 15 is 0 Å². The van der Waals surface area contributed by atoms with Gasteiger partial charge < -0.3 is 4.74 Å². The fourth-order valence-corrected chi connectivity index (χ4v) is 3.09. The van der Waals surface area contributed by atoms with Crippen molar-refractivity contribution in [2.45, 2.75) is 6.92 Å². The maximum absolute atomic E-state index is 12.1. The zero-order valence-electron chi connectivity index (χ0n) is 13.6. The Hall–Kier alpha value is -1.97. The van der Waals surface area contributed by atoms with Crippen molar-refractivity contribution < 1.29 is 14.3 Å². The molecular formula is C17H15Br2N3O3S. The fraction of sp³-hybridized carbons (Fsp3) is 0.118. The van der Waals surface area contributed by atoms with Crippen LogP contribution in [0.25, 0.3) is 0 Å². The number of ether oxygens (including phenoxy) is 1. The van der Waals surface area contributed by atoms with Gasteiger partial charge in [0.1, 0.15) is 5.75 Å². The van der Waals surface area contributed by atoms with E-state index in [1.807, 2.05) is 19.1 Å². The molecule has 0 fully saturated rings. The number of hydrogen-bond acceptors (Lipinski definition) is 4. The number of halogens is 2. The third kappa shape index (κ3) is 6.08. The van der Waals surface area contributed by atoms with E-state index in [1.165, 1.54) is 0 Å². The largest absolute Gasteiger partial charge is 0.483 e. The molecule has 0 atom stereocenters. The second kappa shape index (κ2) is 9.65. The quantitative estimate of drug-likeness (QED) is 0.443. The molecular weight excluding hydrogens is 486 g/mol. The predicted molar refractivity (Wildman–Crippen MR) is 110 cm³/mol. The normalized spacial score (nSPS) is 9.96. The molecule has 0 saturated carbocycles. The Morgan fingerprint density at radius 2 is 1.81 bits per heavy atom. The summed E-state index contributed by atoms with van der Waals surface area (Å²) in [5.74, 6) is -0.297. The number of carbonyl (C=O) groups excluding carboxylic acids is 2. The Kier molecular flexibility index (Phi) is 7.55. The molecule has 0 saturated heterocycles. The van der Waals surface area contributed by atoms with Gasteiger partial charge in [0.2, 0.25) is 0 Å². The molecule has 0 aliphatic heterocycles. The van der Waals surface area contributed by atoms with Crippen LogP contribution in [0.2, 0.25) is 0 Å². The third-order valence-electron chi connectivity index (χ3n) is 3.11. The van der Waals surface area contributed by atoms with Crippen LogP contribution in [0.15, 0.2) is 51.4 Å². The van der Waals surface area contributed by atoms with Crippen LogP contribution < -0.4 is 20.9 Å². The lowest BCUT2D eigenvalue weighted by atomic mass is 10.2. The van der Waals surface area contributed by atoms with E-state index in [2.05, 4.69) is 48.0 Å². The van der Waals surface area contributed by atoms with Crippen LogP contribution in [-0.2, 0) is 4.79 Å². The first-order chi connectivity index (χ1) is 12.4. The Morgan fingerprint density at radius 3 is 2.50 bits per heavy atom. The summed E-state index contributed by atoms with van der Waals surface area (Å²) in [5, 5.41) is 2.44. The Morgan fingerprint density at radius 1 is 1.08 bits per heavy atom. The number of carbonyl (C=O) groups is 2. The summed E-state index contributed by atoms with van der Waals surface area (Å²) in [5.41, 5.74) is 6.31. The zero-order valence-corrected chi connectivity index (χ0v) is 17.6. The summed E-state index contributed by atoms with van der Waals surface area (Å²) >= 11 is 11.6. The Balaban J connectivity index is 1.77. The highest BCUT2D eigenvalue weighted by molar-refractivity contribution is 9.10. The van der Waals surface area contributed by atoms with Crippen LogP contribution in [0.3, 0.4) is 0 Å². The van der Waals surface area contributed by atoms with Gasteiger partial charge in [-0.15, -0.1) is 0 Å². The average Bonchev–Trinajstić information content (AvgIpc) is 2.59. The molecule has 2 amide bonds. The van der Waals surface area contributed by atoms with Crippen molar-refractivity contribution in [2.24, 2.45) is 0 Å². The van der Waals surface area contributed by atoms with Crippen molar-refractivity contribution in [3.05, 3.63) is 62.5 Å². The molecule has 0 radical (unpaired) electrons. The molecule has 3 N–H and O–H groups in total. The molecule has 0 bridgehead atoms. The summed E-state index contributed by atoms with van der Waals surface area (Å²) in [6, 6.07) is 12.5. The third-order valence-corrected chi connectivity index (χ3v) is 4.62. The van der Waals surface area contributed by atoms with Crippen molar-refractivity contribution in [1.82, 2.24) is 16.2 Å². The van der Waals surface area contributed by atoms with Crippen molar-refractivity contribution >= 4 is 61.0 Å². The molecule has 0 heterocycles. The molecule has 0 aromatic heterocycles. The average molecular weight is 501 g/mol. The molecule has 0 spiro atoms. The molecule has 0 aliphatic carbocycles. The lowest BCUT2D eigenvalue weighted by Gasteiger charge is -2.12. The van der Waals surface area contributed by atoms with E-state index in [9.17, 15) is 9.59 Å². The van der Waals surface area contributed by atoms with E-state index in [0.717, 1.165) is 10.0 Å². The summed E-state index contributed by atoms with van der Waals surface area (Å²) in [4.78, 5) is 23.9. The molecule has 2 aromatic rings. The highest BCUT2D eigenvalue weighted by atomic mass is 79.9. The Labute approximate surface area is 172 Å². The van der Waals surface area contributed by atoms with E-state index < -0.39 is 11.8 Å². The van der Waals surface area contributed by atoms with Gasteiger partial charge in [-0.1, -0.05) is 18.2 Å². The first-order valence-corrected chi connectivity index (χ1v) is 9.40. The van der Waals surface area contributed by atoms with Crippen LogP contribution in [0.5, 0.6) is 5.75 Å². The smallest absolute Gasteiger partial charge is 0.276 e. The standard InChI is InChI=1S/C17H15Br2N3O3S/c1-10-6-7-14(13(19)8-10)25-9-15(23)21-22-17(26)20-16(24)11-4-2-3-5-12(11)18/h2-8H,9H2,1H3,(H,21,23)(H2,20,22,24,26). The van der Waals surface area contributed by atoms with Gasteiger partial charge in [-0.05, 0) is 80.8 Å².